The van der Waals surface area contributed by atoms with E-state index in [2.05, 4.69) is 5.32 Å². The zero-order valence-corrected chi connectivity index (χ0v) is 10.5. The monoisotopic (exact) mass is 279 g/mol. The van der Waals surface area contributed by atoms with Gasteiger partial charge in [0.05, 0.1) is 5.56 Å². The van der Waals surface area contributed by atoms with Crippen molar-refractivity contribution in [3.8, 4) is 0 Å². The number of amides is 1. The van der Waals surface area contributed by atoms with Gasteiger partial charge < -0.3 is 5.32 Å². The maximum atomic E-state index is 13.3. The van der Waals surface area contributed by atoms with Gasteiger partial charge in [-0.3, -0.25) is 4.79 Å². The number of alkyl halides is 1. The number of carbonyl (C=O) groups excluding carboxylic acids is 1. The smallest absolute Gasteiger partial charge is 0.254 e. The standard InChI is InChI=1S/C12H13ClF3NO/c1-2-7(13)5-6-17-12(18)8-3-4-9(14)11(16)10(8)15/h3-4,7H,2,5-6H2,1H3,(H,17,18). The third kappa shape index (κ3) is 3.63. The van der Waals surface area contributed by atoms with Crippen molar-refractivity contribution >= 4 is 17.5 Å². The molecule has 6 heteroatoms. The molecule has 18 heavy (non-hydrogen) atoms. The van der Waals surface area contributed by atoms with E-state index in [9.17, 15) is 18.0 Å². The van der Waals surface area contributed by atoms with Crippen LogP contribution in [-0.4, -0.2) is 17.8 Å². The molecule has 0 saturated carbocycles. The lowest BCUT2D eigenvalue weighted by Gasteiger charge is -2.09. The van der Waals surface area contributed by atoms with Crippen LogP contribution in [0.2, 0.25) is 0 Å². The van der Waals surface area contributed by atoms with Crippen molar-refractivity contribution in [1.82, 2.24) is 5.32 Å². The molecule has 0 aromatic heterocycles. The summed E-state index contributed by atoms with van der Waals surface area (Å²) in [6, 6.07) is 1.62. The number of benzene rings is 1. The SMILES string of the molecule is CCC(Cl)CCNC(=O)c1ccc(F)c(F)c1F. The van der Waals surface area contributed by atoms with E-state index in [0.717, 1.165) is 12.5 Å². The van der Waals surface area contributed by atoms with Crippen molar-refractivity contribution in [2.75, 3.05) is 6.54 Å². The Balaban J connectivity index is 2.65. The third-order valence-corrected chi connectivity index (χ3v) is 2.99. The van der Waals surface area contributed by atoms with Crippen molar-refractivity contribution in [3.63, 3.8) is 0 Å². The van der Waals surface area contributed by atoms with Crippen molar-refractivity contribution in [3.05, 3.63) is 35.1 Å². The molecule has 1 atom stereocenters. The van der Waals surface area contributed by atoms with E-state index in [4.69, 9.17) is 11.6 Å². The summed E-state index contributed by atoms with van der Waals surface area (Å²) in [6.45, 7) is 2.15. The molecule has 0 radical (unpaired) electrons. The number of rotatable bonds is 5. The molecule has 0 fully saturated rings. The van der Waals surface area contributed by atoms with Gasteiger partial charge in [0.15, 0.2) is 17.5 Å². The molecule has 1 amide bonds. The van der Waals surface area contributed by atoms with E-state index in [0.29, 0.717) is 12.5 Å². The Hall–Kier alpha value is -1.23. The molecule has 1 aromatic carbocycles. The number of hydrogen-bond acceptors (Lipinski definition) is 1. The first-order valence-electron chi connectivity index (χ1n) is 5.53. The summed E-state index contributed by atoms with van der Waals surface area (Å²) >= 11 is 5.84. The number of carbonyl (C=O) groups is 1. The largest absolute Gasteiger partial charge is 0.352 e. The molecule has 1 unspecified atom stereocenters. The van der Waals surface area contributed by atoms with E-state index in [-0.39, 0.29) is 11.9 Å². The van der Waals surface area contributed by atoms with Crippen molar-refractivity contribution in [2.45, 2.75) is 25.1 Å². The molecule has 0 aliphatic carbocycles. The summed E-state index contributed by atoms with van der Waals surface area (Å²) in [4.78, 5) is 11.5. The first-order valence-corrected chi connectivity index (χ1v) is 5.96. The van der Waals surface area contributed by atoms with Gasteiger partial charge in [0.1, 0.15) is 0 Å². The zero-order chi connectivity index (χ0) is 13.7. The molecule has 0 heterocycles. The molecule has 1 N–H and O–H groups in total. The van der Waals surface area contributed by atoms with Gasteiger partial charge >= 0.3 is 0 Å². The summed E-state index contributed by atoms with van der Waals surface area (Å²) in [6.07, 6.45) is 1.27. The number of hydrogen-bond donors (Lipinski definition) is 1. The van der Waals surface area contributed by atoms with Crippen LogP contribution in [0.4, 0.5) is 13.2 Å². The predicted octanol–water partition coefficient (Wildman–Crippen LogP) is 3.24. The Morgan fingerprint density at radius 3 is 2.61 bits per heavy atom. The van der Waals surface area contributed by atoms with Crippen LogP contribution in [0.25, 0.3) is 0 Å². The fourth-order valence-electron chi connectivity index (χ4n) is 1.34. The quantitative estimate of drug-likeness (QED) is 0.651. The van der Waals surface area contributed by atoms with Crippen LogP contribution >= 0.6 is 11.6 Å². The number of nitrogens with one attached hydrogen (secondary N) is 1. The van der Waals surface area contributed by atoms with Crippen molar-refractivity contribution in [2.24, 2.45) is 0 Å². The maximum absolute atomic E-state index is 13.3. The highest BCUT2D eigenvalue weighted by molar-refractivity contribution is 6.20. The Bertz CT molecular complexity index is 440. The van der Waals surface area contributed by atoms with Gasteiger partial charge in [0, 0.05) is 11.9 Å². The predicted molar refractivity (Wildman–Crippen MR) is 63.2 cm³/mol. The van der Waals surface area contributed by atoms with E-state index in [1.807, 2.05) is 6.92 Å². The van der Waals surface area contributed by atoms with Gasteiger partial charge in [0.25, 0.3) is 5.91 Å². The molecule has 0 spiro atoms. The Morgan fingerprint density at radius 1 is 1.33 bits per heavy atom. The Morgan fingerprint density at radius 2 is 2.00 bits per heavy atom. The molecule has 0 aliphatic rings. The fourth-order valence-corrected chi connectivity index (χ4v) is 1.45. The highest BCUT2D eigenvalue weighted by atomic mass is 35.5. The minimum absolute atomic E-state index is 0.0832. The van der Waals surface area contributed by atoms with Gasteiger partial charge in [-0.1, -0.05) is 6.92 Å². The van der Waals surface area contributed by atoms with Gasteiger partial charge in [-0.15, -0.1) is 11.6 Å². The molecule has 0 saturated heterocycles. The number of halogens is 4. The second-order valence-corrected chi connectivity index (χ2v) is 4.39. The summed E-state index contributed by atoms with van der Waals surface area (Å²) < 4.78 is 38.8. The van der Waals surface area contributed by atoms with E-state index in [1.165, 1.54) is 0 Å². The minimum Gasteiger partial charge on any atom is -0.352 e. The lowest BCUT2D eigenvalue weighted by atomic mass is 10.1. The van der Waals surface area contributed by atoms with Gasteiger partial charge in [-0.05, 0) is 25.0 Å². The molecular formula is C12H13ClF3NO. The van der Waals surface area contributed by atoms with Crippen LogP contribution in [0.5, 0.6) is 0 Å². The van der Waals surface area contributed by atoms with E-state index < -0.39 is 28.9 Å². The van der Waals surface area contributed by atoms with E-state index in [1.54, 1.807) is 0 Å². The van der Waals surface area contributed by atoms with Gasteiger partial charge in [-0.2, -0.15) is 0 Å². The molecule has 2 nitrogen and oxygen atoms in total. The van der Waals surface area contributed by atoms with E-state index >= 15 is 0 Å². The van der Waals surface area contributed by atoms with Crippen LogP contribution in [0.3, 0.4) is 0 Å². The van der Waals surface area contributed by atoms with Crippen LogP contribution in [0.15, 0.2) is 12.1 Å². The summed E-state index contributed by atoms with van der Waals surface area (Å²) in [5.41, 5.74) is -0.517. The maximum Gasteiger partial charge on any atom is 0.254 e. The van der Waals surface area contributed by atoms with Crippen molar-refractivity contribution in [1.29, 1.82) is 0 Å². The minimum atomic E-state index is -1.65. The highest BCUT2D eigenvalue weighted by Crippen LogP contribution is 2.15. The Labute approximate surface area is 108 Å². The zero-order valence-electron chi connectivity index (χ0n) is 9.77. The first-order chi connectivity index (χ1) is 8.47. The highest BCUT2D eigenvalue weighted by Gasteiger charge is 2.18. The second kappa shape index (κ2) is 6.64. The third-order valence-electron chi connectivity index (χ3n) is 2.47. The van der Waals surface area contributed by atoms with Gasteiger partial charge in [0.2, 0.25) is 0 Å². The van der Waals surface area contributed by atoms with Crippen LogP contribution < -0.4 is 5.32 Å². The average molecular weight is 280 g/mol. The topological polar surface area (TPSA) is 29.1 Å². The summed E-state index contributed by atoms with van der Waals surface area (Å²) in [5, 5.41) is 2.32. The lowest BCUT2D eigenvalue weighted by molar-refractivity contribution is 0.0948. The average Bonchev–Trinajstić information content (AvgIpc) is 2.35. The van der Waals surface area contributed by atoms with Crippen molar-refractivity contribution < 1.29 is 18.0 Å². The summed E-state index contributed by atoms with van der Waals surface area (Å²) in [7, 11) is 0. The second-order valence-electron chi connectivity index (χ2n) is 3.77. The summed E-state index contributed by atoms with van der Waals surface area (Å²) in [5.74, 6) is -5.24. The molecular weight excluding hydrogens is 267 g/mol. The molecule has 1 rings (SSSR count). The van der Waals surface area contributed by atoms with Crippen LogP contribution in [0, 0.1) is 17.5 Å². The van der Waals surface area contributed by atoms with Gasteiger partial charge in [-0.25, -0.2) is 13.2 Å². The lowest BCUT2D eigenvalue weighted by Crippen LogP contribution is -2.27. The molecule has 100 valence electrons. The Kier molecular flexibility index (Phi) is 5.47. The molecule has 0 bridgehead atoms. The van der Waals surface area contributed by atoms with Crippen LogP contribution in [0.1, 0.15) is 30.1 Å². The normalized spacial score (nSPS) is 12.3. The van der Waals surface area contributed by atoms with Crippen LogP contribution in [-0.2, 0) is 0 Å². The molecule has 0 aliphatic heterocycles. The fraction of sp³-hybridized carbons (Fsp3) is 0.417. The molecule has 1 aromatic rings. The first kappa shape index (κ1) is 14.8.